The molecule has 0 unspecified atom stereocenters. The Bertz CT molecular complexity index is 664. The summed E-state index contributed by atoms with van der Waals surface area (Å²) >= 11 is 0. The first-order chi connectivity index (χ1) is 7.90. The molecule has 3 aromatic rings. The van der Waals surface area contributed by atoms with Gasteiger partial charge in [0.25, 0.3) is 0 Å². The highest BCUT2D eigenvalue weighted by Crippen LogP contribution is 2.19. The Labute approximate surface area is 117 Å². The standard InChI is InChI=1S/C14H13N2.HI/c1-2-16-10-4-6-12-8-7-11-5-3-9-15-13(11)14(12)16;/h3-10H,2H2,1H3;1H/q+1;/p-1. The SMILES string of the molecule is CC[n+]1cccc2ccc3cccnc3c21.[I-]. The smallest absolute Gasteiger partial charge is 0.239 e. The minimum Gasteiger partial charge on any atom is -1.00 e. The molecule has 0 aliphatic rings. The van der Waals surface area contributed by atoms with E-state index >= 15 is 0 Å². The Kier molecular flexibility index (Phi) is 3.57. The molecule has 0 bridgehead atoms. The number of fused-ring (bicyclic) bond motifs is 3. The molecule has 3 heteroatoms. The highest BCUT2D eigenvalue weighted by Gasteiger charge is 2.11. The van der Waals surface area contributed by atoms with Gasteiger partial charge in [0.2, 0.25) is 5.52 Å². The lowest BCUT2D eigenvalue weighted by atomic mass is 10.1. The summed E-state index contributed by atoms with van der Waals surface area (Å²) < 4.78 is 2.24. The van der Waals surface area contributed by atoms with E-state index < -0.39 is 0 Å². The second-order valence-electron chi connectivity index (χ2n) is 3.87. The molecule has 0 saturated heterocycles. The second kappa shape index (κ2) is 4.96. The molecule has 86 valence electrons. The van der Waals surface area contributed by atoms with Crippen molar-refractivity contribution in [2.45, 2.75) is 13.5 Å². The van der Waals surface area contributed by atoms with Crippen LogP contribution >= 0.6 is 0 Å². The van der Waals surface area contributed by atoms with Gasteiger partial charge >= 0.3 is 0 Å². The minimum atomic E-state index is 0. The van der Waals surface area contributed by atoms with Gasteiger partial charge < -0.3 is 24.0 Å². The molecule has 2 nitrogen and oxygen atoms in total. The lowest BCUT2D eigenvalue weighted by molar-refractivity contribution is -0.667. The van der Waals surface area contributed by atoms with Crippen molar-refractivity contribution in [1.29, 1.82) is 0 Å². The Hall–Kier alpha value is -1.23. The van der Waals surface area contributed by atoms with Crippen molar-refractivity contribution in [1.82, 2.24) is 4.98 Å². The maximum absolute atomic E-state index is 4.50. The molecule has 0 aliphatic heterocycles. The summed E-state index contributed by atoms with van der Waals surface area (Å²) in [5, 5.41) is 2.44. The van der Waals surface area contributed by atoms with Gasteiger partial charge in [-0.25, -0.2) is 4.98 Å². The van der Waals surface area contributed by atoms with Crippen molar-refractivity contribution < 1.29 is 28.5 Å². The lowest BCUT2D eigenvalue weighted by Gasteiger charge is -2.01. The molecule has 3 rings (SSSR count). The zero-order chi connectivity index (χ0) is 11.0. The fourth-order valence-electron chi connectivity index (χ4n) is 2.17. The van der Waals surface area contributed by atoms with Crippen LogP contribution in [0.1, 0.15) is 6.92 Å². The first-order valence-corrected chi connectivity index (χ1v) is 5.56. The Balaban J connectivity index is 0.00000108. The third-order valence-electron chi connectivity index (χ3n) is 2.95. The van der Waals surface area contributed by atoms with Crippen molar-refractivity contribution in [3.63, 3.8) is 0 Å². The van der Waals surface area contributed by atoms with E-state index in [1.54, 1.807) is 0 Å². The number of nitrogens with zero attached hydrogens (tertiary/aromatic N) is 2. The van der Waals surface area contributed by atoms with E-state index in [9.17, 15) is 0 Å². The minimum absolute atomic E-state index is 0. The highest BCUT2D eigenvalue weighted by molar-refractivity contribution is 6.00. The zero-order valence-electron chi connectivity index (χ0n) is 9.60. The van der Waals surface area contributed by atoms with Crippen molar-refractivity contribution >= 4 is 21.8 Å². The number of hydrogen-bond donors (Lipinski definition) is 0. The molecule has 0 radical (unpaired) electrons. The average Bonchev–Trinajstić information content (AvgIpc) is 2.37. The third kappa shape index (κ3) is 1.99. The topological polar surface area (TPSA) is 16.8 Å². The van der Waals surface area contributed by atoms with Crippen LogP contribution in [0.4, 0.5) is 0 Å². The molecule has 0 atom stereocenters. The monoisotopic (exact) mass is 336 g/mol. The maximum Gasteiger partial charge on any atom is 0.239 e. The number of benzene rings is 1. The van der Waals surface area contributed by atoms with Crippen LogP contribution in [0.5, 0.6) is 0 Å². The van der Waals surface area contributed by atoms with Crippen LogP contribution < -0.4 is 28.5 Å². The van der Waals surface area contributed by atoms with Gasteiger partial charge in [0.1, 0.15) is 12.1 Å². The average molecular weight is 336 g/mol. The molecule has 2 aromatic heterocycles. The van der Waals surface area contributed by atoms with Crippen molar-refractivity contribution in [3.05, 3.63) is 48.8 Å². The van der Waals surface area contributed by atoms with Crippen LogP contribution in [0.25, 0.3) is 21.8 Å². The summed E-state index contributed by atoms with van der Waals surface area (Å²) in [4.78, 5) is 4.50. The number of aryl methyl sites for hydroxylation is 1. The molecule has 1 aromatic carbocycles. The van der Waals surface area contributed by atoms with E-state index in [0.29, 0.717) is 0 Å². The fourth-order valence-corrected chi connectivity index (χ4v) is 2.17. The molecule has 2 heterocycles. The number of pyridine rings is 2. The number of halogens is 1. The predicted octanol–water partition coefficient (Wildman–Crippen LogP) is -0.301. The summed E-state index contributed by atoms with van der Waals surface area (Å²) in [6, 6.07) is 12.6. The second-order valence-corrected chi connectivity index (χ2v) is 3.87. The van der Waals surface area contributed by atoms with Crippen LogP contribution in [-0.4, -0.2) is 4.98 Å². The predicted molar refractivity (Wildman–Crippen MR) is 65.1 cm³/mol. The normalized spacial score (nSPS) is 10.4. The fraction of sp³-hybridized carbons (Fsp3) is 0.143. The largest absolute Gasteiger partial charge is 1.00 e. The molecule has 0 aliphatic carbocycles. The van der Waals surface area contributed by atoms with Crippen molar-refractivity contribution in [2.75, 3.05) is 0 Å². The van der Waals surface area contributed by atoms with E-state index in [2.05, 4.69) is 53.0 Å². The summed E-state index contributed by atoms with van der Waals surface area (Å²) in [7, 11) is 0. The molecule has 0 saturated carbocycles. The molecule has 0 spiro atoms. The summed E-state index contributed by atoms with van der Waals surface area (Å²) in [5.41, 5.74) is 2.31. The first kappa shape index (κ1) is 12.2. The molecule has 0 amide bonds. The summed E-state index contributed by atoms with van der Waals surface area (Å²) in [5.74, 6) is 0. The zero-order valence-corrected chi connectivity index (χ0v) is 11.8. The van der Waals surface area contributed by atoms with Crippen LogP contribution in [0.15, 0.2) is 48.8 Å². The van der Waals surface area contributed by atoms with Gasteiger partial charge in [-0.2, -0.15) is 4.57 Å². The number of aromatic nitrogens is 2. The van der Waals surface area contributed by atoms with Gasteiger partial charge in [-0.3, -0.25) is 0 Å². The maximum atomic E-state index is 4.50. The van der Waals surface area contributed by atoms with Gasteiger partial charge in [-0.15, -0.1) is 0 Å². The summed E-state index contributed by atoms with van der Waals surface area (Å²) in [6.07, 6.45) is 3.96. The van der Waals surface area contributed by atoms with Crippen molar-refractivity contribution in [2.24, 2.45) is 0 Å². The van der Waals surface area contributed by atoms with E-state index in [4.69, 9.17) is 0 Å². The third-order valence-corrected chi connectivity index (χ3v) is 2.95. The Morgan fingerprint density at radius 1 is 1.06 bits per heavy atom. The summed E-state index contributed by atoms with van der Waals surface area (Å²) in [6.45, 7) is 3.12. The van der Waals surface area contributed by atoms with Crippen LogP contribution in [-0.2, 0) is 6.54 Å². The number of hydrogen-bond acceptors (Lipinski definition) is 1. The van der Waals surface area contributed by atoms with Crippen molar-refractivity contribution in [3.8, 4) is 0 Å². The number of rotatable bonds is 1. The van der Waals surface area contributed by atoms with Gasteiger partial charge in [-0.1, -0.05) is 12.1 Å². The quantitative estimate of drug-likeness (QED) is 0.339. The van der Waals surface area contributed by atoms with Gasteiger partial charge in [-0.05, 0) is 25.1 Å². The van der Waals surface area contributed by atoms with Crippen LogP contribution in [0.2, 0.25) is 0 Å². The van der Waals surface area contributed by atoms with Crippen LogP contribution in [0.3, 0.4) is 0 Å². The van der Waals surface area contributed by atoms with Gasteiger partial charge in [0.05, 0.1) is 0 Å². The molecular formula is C14H13IN2. The van der Waals surface area contributed by atoms with Gasteiger partial charge in [0.15, 0.2) is 6.20 Å². The van der Waals surface area contributed by atoms with Gasteiger partial charge in [0, 0.05) is 23.0 Å². The van der Waals surface area contributed by atoms with E-state index in [0.717, 1.165) is 12.1 Å². The van der Waals surface area contributed by atoms with Crippen LogP contribution in [0, 0.1) is 0 Å². The highest BCUT2D eigenvalue weighted by atomic mass is 127. The molecule has 0 fully saturated rings. The molecule has 0 N–H and O–H groups in total. The molecule has 17 heavy (non-hydrogen) atoms. The first-order valence-electron chi connectivity index (χ1n) is 5.56. The Morgan fingerprint density at radius 3 is 2.65 bits per heavy atom. The van der Waals surface area contributed by atoms with E-state index in [1.165, 1.54) is 16.3 Å². The molecular weight excluding hydrogens is 323 g/mol. The van der Waals surface area contributed by atoms with E-state index in [1.807, 2.05) is 12.3 Å². The lowest BCUT2D eigenvalue weighted by Crippen LogP contribution is -3.00. The van der Waals surface area contributed by atoms with E-state index in [-0.39, 0.29) is 24.0 Å². The Morgan fingerprint density at radius 2 is 1.82 bits per heavy atom.